The van der Waals surface area contributed by atoms with Crippen molar-refractivity contribution in [2.45, 2.75) is 19.4 Å². The van der Waals surface area contributed by atoms with Crippen molar-refractivity contribution in [1.29, 1.82) is 0 Å². The van der Waals surface area contributed by atoms with E-state index >= 15 is 0 Å². The van der Waals surface area contributed by atoms with Crippen LogP contribution in [0.5, 0.6) is 0 Å². The van der Waals surface area contributed by atoms with Crippen molar-refractivity contribution < 1.29 is 4.42 Å². The third kappa shape index (κ3) is 2.59. The normalized spacial score (nSPS) is 12.7. The molecule has 3 N–H and O–H groups in total. The summed E-state index contributed by atoms with van der Waals surface area (Å²) in [5.74, 6) is 6.57. The lowest BCUT2D eigenvalue weighted by molar-refractivity contribution is 0.434. The van der Waals surface area contributed by atoms with E-state index in [0.717, 1.165) is 23.2 Å². The van der Waals surface area contributed by atoms with E-state index in [9.17, 15) is 0 Å². The van der Waals surface area contributed by atoms with Crippen molar-refractivity contribution in [3.05, 3.63) is 71.5 Å². The Kier molecular flexibility index (Phi) is 3.54. The Morgan fingerprint density at radius 1 is 1.10 bits per heavy atom. The molecule has 0 radical (unpaired) electrons. The molecule has 1 aromatic heterocycles. The maximum atomic E-state index is 5.88. The minimum atomic E-state index is -0.0239. The number of hydrogen-bond donors (Lipinski definition) is 2. The van der Waals surface area contributed by atoms with Gasteiger partial charge in [-0.15, -0.1) is 0 Å². The second-order valence-electron chi connectivity index (χ2n) is 5.10. The number of furan rings is 1. The zero-order chi connectivity index (χ0) is 13.9. The van der Waals surface area contributed by atoms with Crippen LogP contribution in [0.3, 0.4) is 0 Å². The zero-order valence-electron chi connectivity index (χ0n) is 11.5. The first-order valence-electron chi connectivity index (χ1n) is 6.76. The summed E-state index contributed by atoms with van der Waals surface area (Å²) >= 11 is 0. The van der Waals surface area contributed by atoms with Crippen LogP contribution in [0.2, 0.25) is 0 Å². The molecule has 0 aliphatic carbocycles. The van der Waals surface area contributed by atoms with Gasteiger partial charge < -0.3 is 4.42 Å². The highest BCUT2D eigenvalue weighted by atomic mass is 16.3. The van der Waals surface area contributed by atoms with E-state index in [4.69, 9.17) is 10.3 Å². The van der Waals surface area contributed by atoms with E-state index in [1.54, 1.807) is 0 Å². The van der Waals surface area contributed by atoms with Crippen molar-refractivity contribution in [2.24, 2.45) is 5.84 Å². The molecule has 20 heavy (non-hydrogen) atoms. The summed E-state index contributed by atoms with van der Waals surface area (Å²) in [7, 11) is 0. The van der Waals surface area contributed by atoms with Crippen molar-refractivity contribution in [3.8, 4) is 0 Å². The fraction of sp³-hybridized carbons (Fsp3) is 0.176. The Balaban J connectivity index is 1.89. The Labute approximate surface area is 118 Å². The molecule has 3 nitrogen and oxygen atoms in total. The van der Waals surface area contributed by atoms with Gasteiger partial charge in [0.2, 0.25) is 0 Å². The highest BCUT2D eigenvalue weighted by Gasteiger charge is 2.15. The predicted molar refractivity (Wildman–Crippen MR) is 81.2 cm³/mol. The molecule has 2 aromatic carbocycles. The molecule has 0 amide bonds. The number of para-hydroxylation sites is 1. The summed E-state index contributed by atoms with van der Waals surface area (Å²) in [4.78, 5) is 0. The Morgan fingerprint density at radius 3 is 2.70 bits per heavy atom. The molecular weight excluding hydrogens is 248 g/mol. The van der Waals surface area contributed by atoms with Crippen LogP contribution in [0.15, 0.2) is 59.0 Å². The predicted octanol–water partition coefficient (Wildman–Crippen LogP) is 3.49. The van der Waals surface area contributed by atoms with Gasteiger partial charge in [0.25, 0.3) is 0 Å². The minimum Gasteiger partial charge on any atom is -0.459 e. The van der Waals surface area contributed by atoms with Crippen LogP contribution >= 0.6 is 0 Å². The second kappa shape index (κ2) is 5.49. The quantitative estimate of drug-likeness (QED) is 0.561. The summed E-state index contributed by atoms with van der Waals surface area (Å²) in [5, 5.41) is 1.10. The number of fused-ring (bicyclic) bond motifs is 1. The molecule has 0 bridgehead atoms. The molecule has 0 saturated carbocycles. The standard InChI is InChI=1S/C17H18N2O/c1-12-5-4-6-13(9-12)10-15(19-18)17-11-14-7-2-3-8-16(14)20-17/h2-9,11,15,19H,10,18H2,1H3. The average Bonchev–Trinajstić information content (AvgIpc) is 2.88. The molecule has 1 heterocycles. The molecule has 3 aromatic rings. The van der Waals surface area contributed by atoms with Crippen molar-refractivity contribution in [1.82, 2.24) is 5.43 Å². The minimum absolute atomic E-state index is 0.0239. The third-order valence-electron chi connectivity index (χ3n) is 3.51. The summed E-state index contributed by atoms with van der Waals surface area (Å²) in [6.07, 6.45) is 0.804. The van der Waals surface area contributed by atoms with Gasteiger partial charge in [-0.3, -0.25) is 5.84 Å². The zero-order valence-corrected chi connectivity index (χ0v) is 11.5. The van der Waals surface area contributed by atoms with Gasteiger partial charge >= 0.3 is 0 Å². The highest BCUT2D eigenvalue weighted by Crippen LogP contribution is 2.25. The lowest BCUT2D eigenvalue weighted by Crippen LogP contribution is -2.29. The average molecular weight is 266 g/mol. The smallest absolute Gasteiger partial charge is 0.134 e. The van der Waals surface area contributed by atoms with Gasteiger partial charge in [-0.05, 0) is 31.0 Å². The molecule has 102 valence electrons. The van der Waals surface area contributed by atoms with Gasteiger partial charge in [-0.2, -0.15) is 0 Å². The molecule has 0 saturated heterocycles. The topological polar surface area (TPSA) is 51.2 Å². The van der Waals surface area contributed by atoms with Crippen molar-refractivity contribution in [3.63, 3.8) is 0 Å². The first kappa shape index (κ1) is 12.9. The lowest BCUT2D eigenvalue weighted by Gasteiger charge is -2.13. The number of nitrogens with two attached hydrogens (primary N) is 1. The van der Waals surface area contributed by atoms with Gasteiger partial charge in [0.15, 0.2) is 0 Å². The number of aryl methyl sites for hydroxylation is 1. The van der Waals surface area contributed by atoms with Gasteiger partial charge in [0.05, 0.1) is 6.04 Å². The molecule has 0 aliphatic rings. The maximum Gasteiger partial charge on any atom is 0.134 e. The maximum absolute atomic E-state index is 5.88. The molecular formula is C17H18N2O. The Bertz CT molecular complexity index is 685. The number of benzene rings is 2. The fourth-order valence-corrected chi connectivity index (χ4v) is 2.49. The van der Waals surface area contributed by atoms with Gasteiger partial charge in [0, 0.05) is 5.39 Å². The van der Waals surface area contributed by atoms with E-state index in [2.05, 4.69) is 42.7 Å². The molecule has 1 unspecified atom stereocenters. The number of hydrazine groups is 1. The Morgan fingerprint density at radius 2 is 1.95 bits per heavy atom. The molecule has 0 spiro atoms. The van der Waals surface area contributed by atoms with Crippen LogP contribution in [0.4, 0.5) is 0 Å². The fourth-order valence-electron chi connectivity index (χ4n) is 2.49. The van der Waals surface area contributed by atoms with E-state index in [-0.39, 0.29) is 6.04 Å². The van der Waals surface area contributed by atoms with Crippen LogP contribution in [0.1, 0.15) is 22.9 Å². The lowest BCUT2D eigenvalue weighted by atomic mass is 10.0. The van der Waals surface area contributed by atoms with E-state index in [1.807, 2.05) is 24.3 Å². The van der Waals surface area contributed by atoms with Crippen molar-refractivity contribution >= 4 is 11.0 Å². The monoisotopic (exact) mass is 266 g/mol. The van der Waals surface area contributed by atoms with Crippen LogP contribution < -0.4 is 11.3 Å². The SMILES string of the molecule is Cc1cccc(CC(NN)c2cc3ccccc3o2)c1. The van der Waals surface area contributed by atoms with E-state index in [1.165, 1.54) is 11.1 Å². The van der Waals surface area contributed by atoms with E-state index < -0.39 is 0 Å². The molecule has 1 atom stereocenters. The number of hydrogen-bond acceptors (Lipinski definition) is 3. The number of nitrogens with one attached hydrogen (secondary N) is 1. The van der Waals surface area contributed by atoms with Gasteiger partial charge in [-0.25, -0.2) is 5.43 Å². The van der Waals surface area contributed by atoms with Crippen LogP contribution in [-0.2, 0) is 6.42 Å². The van der Waals surface area contributed by atoms with Crippen LogP contribution in [-0.4, -0.2) is 0 Å². The molecule has 0 aliphatic heterocycles. The first-order chi connectivity index (χ1) is 9.76. The van der Waals surface area contributed by atoms with Gasteiger partial charge in [-0.1, -0.05) is 48.0 Å². The Hall–Kier alpha value is -2.10. The summed E-state index contributed by atoms with van der Waals surface area (Å²) in [6, 6.07) is 18.5. The third-order valence-corrected chi connectivity index (χ3v) is 3.51. The summed E-state index contributed by atoms with van der Waals surface area (Å²) in [5.41, 5.74) is 6.25. The molecule has 3 heteroatoms. The van der Waals surface area contributed by atoms with Crippen LogP contribution in [0.25, 0.3) is 11.0 Å². The summed E-state index contributed by atoms with van der Waals surface area (Å²) in [6.45, 7) is 2.09. The molecule has 3 rings (SSSR count). The highest BCUT2D eigenvalue weighted by molar-refractivity contribution is 5.77. The summed E-state index contributed by atoms with van der Waals surface area (Å²) < 4.78 is 5.88. The van der Waals surface area contributed by atoms with E-state index in [0.29, 0.717) is 0 Å². The van der Waals surface area contributed by atoms with Gasteiger partial charge in [0.1, 0.15) is 11.3 Å². The first-order valence-corrected chi connectivity index (χ1v) is 6.76. The molecule has 0 fully saturated rings. The second-order valence-corrected chi connectivity index (χ2v) is 5.10. The van der Waals surface area contributed by atoms with Crippen LogP contribution in [0, 0.1) is 6.92 Å². The number of rotatable bonds is 4. The van der Waals surface area contributed by atoms with Crippen molar-refractivity contribution in [2.75, 3.05) is 0 Å². The largest absolute Gasteiger partial charge is 0.459 e.